The van der Waals surface area contributed by atoms with Crippen molar-refractivity contribution in [3.05, 3.63) is 12.2 Å². The summed E-state index contributed by atoms with van der Waals surface area (Å²) in [6, 6.07) is 0. The van der Waals surface area contributed by atoms with Gasteiger partial charge in [0.15, 0.2) is 5.60 Å². The molecule has 0 saturated carbocycles. The van der Waals surface area contributed by atoms with Gasteiger partial charge in [-0.25, -0.2) is 4.79 Å². The topological polar surface area (TPSA) is 95.9 Å². The molecule has 1 aliphatic carbocycles. The lowest BCUT2D eigenvalue weighted by Crippen LogP contribution is -2.80. The maximum absolute atomic E-state index is 12.2. The van der Waals surface area contributed by atoms with Crippen LogP contribution in [-0.2, 0) is 14.3 Å². The maximum Gasteiger partial charge on any atom is 0.339 e. The number of allylic oxidation sites excluding steroid dienone is 1. The smallest absolute Gasteiger partial charge is 0.339 e. The van der Waals surface area contributed by atoms with Gasteiger partial charge in [-0.3, -0.25) is 4.79 Å². The Morgan fingerprint density at radius 2 is 2.29 bits per heavy atom. The molecule has 0 radical (unpaired) electrons. The van der Waals surface area contributed by atoms with Crippen molar-refractivity contribution in [3.8, 4) is 0 Å². The third-order valence-corrected chi connectivity index (χ3v) is 5.27. The van der Waals surface area contributed by atoms with Crippen LogP contribution < -0.4 is 5.32 Å². The summed E-state index contributed by atoms with van der Waals surface area (Å²) in [4.78, 5) is 24.3. The molecule has 6 heteroatoms. The van der Waals surface area contributed by atoms with Crippen LogP contribution in [0.1, 0.15) is 32.6 Å². The van der Waals surface area contributed by atoms with Crippen molar-refractivity contribution in [1.82, 2.24) is 5.32 Å². The van der Waals surface area contributed by atoms with Gasteiger partial charge in [0.05, 0.1) is 12.0 Å². The molecule has 5 atom stereocenters. The zero-order valence-corrected chi connectivity index (χ0v) is 12.0. The fraction of sp³-hybridized carbons (Fsp3) is 0.733. The van der Waals surface area contributed by atoms with Gasteiger partial charge in [-0.1, -0.05) is 12.2 Å². The van der Waals surface area contributed by atoms with Crippen LogP contribution in [-0.4, -0.2) is 45.9 Å². The predicted molar refractivity (Wildman–Crippen MR) is 73.1 cm³/mol. The first-order valence-corrected chi connectivity index (χ1v) is 7.48. The SMILES string of the molecule is C[C@@]12OC(=O)[C@]1(C(O)[C@@H]1C=CCCC1)NC(=O)C2CCO. The quantitative estimate of drug-likeness (QED) is 0.497. The normalized spacial score (nSPS) is 42.8. The average molecular weight is 295 g/mol. The molecule has 2 fully saturated rings. The van der Waals surface area contributed by atoms with Gasteiger partial charge in [-0.15, -0.1) is 0 Å². The largest absolute Gasteiger partial charge is 0.453 e. The Balaban J connectivity index is 1.94. The molecular formula is C15H21NO5. The summed E-state index contributed by atoms with van der Waals surface area (Å²) in [6.45, 7) is 1.50. The average Bonchev–Trinajstić information content (AvgIpc) is 2.65. The number of esters is 1. The summed E-state index contributed by atoms with van der Waals surface area (Å²) in [6.07, 6.45) is 5.82. The van der Waals surface area contributed by atoms with Crippen molar-refractivity contribution in [2.24, 2.45) is 11.8 Å². The van der Waals surface area contributed by atoms with Gasteiger partial charge >= 0.3 is 5.97 Å². The first-order chi connectivity index (χ1) is 9.97. The summed E-state index contributed by atoms with van der Waals surface area (Å²) in [7, 11) is 0. The number of hydrogen-bond acceptors (Lipinski definition) is 5. The van der Waals surface area contributed by atoms with Gasteiger partial charge in [0, 0.05) is 12.5 Å². The van der Waals surface area contributed by atoms with Crippen LogP contribution in [0.25, 0.3) is 0 Å². The van der Waals surface area contributed by atoms with Gasteiger partial charge in [0.1, 0.15) is 0 Å². The van der Waals surface area contributed by atoms with E-state index < -0.39 is 29.1 Å². The minimum atomic E-state index is -1.38. The second kappa shape index (κ2) is 4.81. The van der Waals surface area contributed by atoms with E-state index in [1.165, 1.54) is 0 Å². The molecular weight excluding hydrogens is 274 g/mol. The van der Waals surface area contributed by atoms with Crippen LogP contribution >= 0.6 is 0 Å². The molecule has 3 N–H and O–H groups in total. The number of carbonyl (C=O) groups is 2. The van der Waals surface area contributed by atoms with E-state index in [9.17, 15) is 14.7 Å². The Bertz CT molecular complexity index is 504. The highest BCUT2D eigenvalue weighted by molar-refractivity contribution is 6.01. The number of hydrogen-bond donors (Lipinski definition) is 3. The van der Waals surface area contributed by atoms with E-state index in [1.54, 1.807) is 6.92 Å². The fourth-order valence-corrected chi connectivity index (χ4v) is 4.01. The maximum atomic E-state index is 12.2. The molecule has 0 aromatic carbocycles. The Hall–Kier alpha value is -1.40. The van der Waals surface area contributed by atoms with Crippen LogP contribution in [0.4, 0.5) is 0 Å². The molecule has 2 unspecified atom stereocenters. The summed E-state index contributed by atoms with van der Waals surface area (Å²) in [5, 5.41) is 22.6. The van der Waals surface area contributed by atoms with E-state index in [0.29, 0.717) is 0 Å². The molecule has 0 spiro atoms. The molecule has 2 heterocycles. The van der Waals surface area contributed by atoms with E-state index in [4.69, 9.17) is 9.84 Å². The zero-order chi connectivity index (χ0) is 15.3. The summed E-state index contributed by atoms with van der Waals surface area (Å²) in [5.41, 5.74) is -2.47. The molecule has 0 bridgehead atoms. The first-order valence-electron chi connectivity index (χ1n) is 7.48. The lowest BCUT2D eigenvalue weighted by Gasteiger charge is -2.54. The van der Waals surface area contributed by atoms with E-state index in [2.05, 4.69) is 5.32 Å². The lowest BCUT2D eigenvalue weighted by molar-refractivity contribution is -0.238. The van der Waals surface area contributed by atoms with Crippen LogP contribution in [0, 0.1) is 11.8 Å². The van der Waals surface area contributed by atoms with Gasteiger partial charge in [0.25, 0.3) is 0 Å². The fourth-order valence-electron chi connectivity index (χ4n) is 4.01. The highest BCUT2D eigenvalue weighted by Crippen LogP contribution is 2.53. The van der Waals surface area contributed by atoms with Gasteiger partial charge < -0.3 is 20.3 Å². The molecule has 0 aromatic rings. The van der Waals surface area contributed by atoms with Crippen molar-refractivity contribution in [1.29, 1.82) is 0 Å². The standard InChI is InChI=1S/C15H21NO5/c1-14-10(7-8-17)12(19)16-15(14,13(20)21-14)11(18)9-5-3-2-4-6-9/h3,5,9-11,17-18H,2,4,6-8H2,1H3,(H,16,19)/t9-,10?,11?,14+,15+/m1/s1. The monoisotopic (exact) mass is 295 g/mol. The molecule has 2 saturated heterocycles. The second-order valence-electron chi connectivity index (χ2n) is 6.33. The molecule has 3 aliphatic rings. The number of rotatable bonds is 4. The van der Waals surface area contributed by atoms with E-state index in [-0.39, 0.29) is 24.9 Å². The number of nitrogens with one attached hydrogen (secondary N) is 1. The van der Waals surface area contributed by atoms with Crippen LogP contribution in [0.2, 0.25) is 0 Å². The van der Waals surface area contributed by atoms with E-state index in [0.717, 1.165) is 19.3 Å². The number of amides is 1. The van der Waals surface area contributed by atoms with Crippen molar-refractivity contribution >= 4 is 11.9 Å². The van der Waals surface area contributed by atoms with Crippen LogP contribution in [0.5, 0.6) is 0 Å². The van der Waals surface area contributed by atoms with Crippen molar-refractivity contribution in [3.63, 3.8) is 0 Å². The van der Waals surface area contributed by atoms with E-state index >= 15 is 0 Å². The first kappa shape index (κ1) is 14.5. The number of aliphatic hydroxyl groups is 2. The van der Waals surface area contributed by atoms with Gasteiger partial charge in [-0.2, -0.15) is 0 Å². The number of aliphatic hydroxyl groups excluding tert-OH is 2. The highest BCUT2D eigenvalue weighted by Gasteiger charge is 2.79. The molecule has 116 valence electrons. The molecule has 1 amide bonds. The van der Waals surface area contributed by atoms with Crippen LogP contribution in [0.15, 0.2) is 12.2 Å². The highest BCUT2D eigenvalue weighted by atomic mass is 16.6. The Kier molecular flexibility index (Phi) is 3.33. The van der Waals surface area contributed by atoms with Crippen molar-refractivity contribution in [2.45, 2.75) is 49.9 Å². The lowest BCUT2D eigenvalue weighted by atomic mass is 9.64. The van der Waals surface area contributed by atoms with Gasteiger partial charge in [-0.05, 0) is 32.6 Å². The van der Waals surface area contributed by atoms with E-state index in [1.807, 2.05) is 12.2 Å². The third-order valence-electron chi connectivity index (χ3n) is 5.27. The van der Waals surface area contributed by atoms with Gasteiger partial charge in [0.2, 0.25) is 11.4 Å². The molecule has 3 rings (SSSR count). The summed E-state index contributed by atoms with van der Waals surface area (Å²) >= 11 is 0. The van der Waals surface area contributed by atoms with Crippen molar-refractivity contribution in [2.75, 3.05) is 6.61 Å². The zero-order valence-electron chi connectivity index (χ0n) is 12.0. The second-order valence-corrected chi connectivity index (χ2v) is 6.33. The molecule has 0 aromatic heterocycles. The Morgan fingerprint density at radius 3 is 2.86 bits per heavy atom. The van der Waals surface area contributed by atoms with Crippen LogP contribution in [0.3, 0.4) is 0 Å². The van der Waals surface area contributed by atoms with Crippen molar-refractivity contribution < 1.29 is 24.5 Å². The third kappa shape index (κ3) is 1.72. The molecule has 21 heavy (non-hydrogen) atoms. The summed E-state index contributed by atoms with van der Waals surface area (Å²) in [5.74, 6) is -1.71. The number of ether oxygens (including phenoxy) is 1. The predicted octanol–water partition coefficient (Wildman–Crippen LogP) is -0.114. The Labute approximate surface area is 123 Å². The number of fused-ring (bicyclic) bond motifs is 1. The molecule has 6 nitrogen and oxygen atoms in total. The molecule has 2 aliphatic heterocycles. The minimum absolute atomic E-state index is 0.166. The minimum Gasteiger partial charge on any atom is -0.453 e. The number of carbonyl (C=O) groups excluding carboxylic acids is 2. The Morgan fingerprint density at radius 1 is 1.52 bits per heavy atom. The summed E-state index contributed by atoms with van der Waals surface area (Å²) < 4.78 is 5.28.